The van der Waals surface area contributed by atoms with Crippen LogP contribution < -0.4 is 5.63 Å². The van der Waals surface area contributed by atoms with Gasteiger partial charge in [-0.2, -0.15) is 0 Å². The molecule has 0 spiro atoms. The largest absolute Gasteiger partial charge is 0.457 e. The van der Waals surface area contributed by atoms with Crippen molar-refractivity contribution in [2.75, 3.05) is 0 Å². The normalized spacial score (nSPS) is 11.4. The molecule has 30 heavy (non-hydrogen) atoms. The summed E-state index contributed by atoms with van der Waals surface area (Å²) in [6.45, 7) is 8.05. The maximum Gasteiger partial charge on any atom is 0.339 e. The summed E-state index contributed by atoms with van der Waals surface area (Å²) < 4.78 is 11.0. The molecule has 2 heterocycles. The zero-order chi connectivity index (χ0) is 21.4. The van der Waals surface area contributed by atoms with Gasteiger partial charge in [-0.05, 0) is 55.2 Å². The Balaban J connectivity index is 1.71. The van der Waals surface area contributed by atoms with Crippen molar-refractivity contribution in [2.45, 2.75) is 40.2 Å². The van der Waals surface area contributed by atoms with Crippen LogP contribution in [0.3, 0.4) is 0 Å². The summed E-state index contributed by atoms with van der Waals surface area (Å²) in [4.78, 5) is 29.4. The van der Waals surface area contributed by atoms with Crippen LogP contribution in [0.4, 0.5) is 0 Å². The van der Waals surface area contributed by atoms with Gasteiger partial charge >= 0.3 is 11.6 Å². The van der Waals surface area contributed by atoms with Crippen molar-refractivity contribution in [2.24, 2.45) is 0 Å². The molecule has 0 saturated heterocycles. The van der Waals surface area contributed by atoms with E-state index >= 15 is 0 Å². The summed E-state index contributed by atoms with van der Waals surface area (Å²) in [7, 11) is 0. The first-order valence-corrected chi connectivity index (χ1v) is 9.94. The van der Waals surface area contributed by atoms with Crippen molar-refractivity contribution in [3.63, 3.8) is 0 Å². The second-order valence-corrected chi connectivity index (χ2v) is 7.85. The number of hydrogen-bond acceptors (Lipinski definition) is 5. The van der Waals surface area contributed by atoms with Crippen LogP contribution >= 0.6 is 0 Å². The number of rotatable bonds is 4. The minimum absolute atomic E-state index is 0.0166. The highest BCUT2D eigenvalue weighted by Gasteiger charge is 2.16. The van der Waals surface area contributed by atoms with Gasteiger partial charge in [0.05, 0.1) is 11.1 Å². The highest BCUT2D eigenvalue weighted by atomic mass is 16.5. The molecule has 4 rings (SSSR count). The third-order valence-electron chi connectivity index (χ3n) is 5.26. The number of fused-ring (bicyclic) bond motifs is 2. The van der Waals surface area contributed by atoms with Gasteiger partial charge in [0.25, 0.3) is 0 Å². The van der Waals surface area contributed by atoms with Crippen LogP contribution in [0, 0.1) is 13.8 Å². The molecule has 0 N–H and O–H groups in total. The Labute approximate surface area is 174 Å². The van der Waals surface area contributed by atoms with E-state index in [0.717, 1.165) is 27.5 Å². The lowest BCUT2D eigenvalue weighted by Crippen LogP contribution is -2.09. The van der Waals surface area contributed by atoms with Crippen LogP contribution in [0.1, 0.15) is 52.5 Å². The summed E-state index contributed by atoms with van der Waals surface area (Å²) in [6, 6.07) is 14.5. The van der Waals surface area contributed by atoms with Gasteiger partial charge in [-0.25, -0.2) is 9.59 Å². The number of esters is 1. The Morgan fingerprint density at radius 1 is 1.07 bits per heavy atom. The summed E-state index contributed by atoms with van der Waals surface area (Å²) in [5, 5.41) is 1.52. The lowest BCUT2D eigenvalue weighted by molar-refractivity contribution is 0.0476. The molecule has 0 aliphatic carbocycles. The fourth-order valence-corrected chi connectivity index (χ4v) is 3.83. The van der Waals surface area contributed by atoms with Gasteiger partial charge in [-0.3, -0.25) is 4.98 Å². The Kier molecular flexibility index (Phi) is 5.12. The summed E-state index contributed by atoms with van der Waals surface area (Å²) in [6.07, 6.45) is 0. The number of benzene rings is 2. The van der Waals surface area contributed by atoms with Crippen molar-refractivity contribution in [3.8, 4) is 0 Å². The fourth-order valence-electron chi connectivity index (χ4n) is 3.83. The molecule has 0 bridgehead atoms. The molecule has 0 fully saturated rings. The van der Waals surface area contributed by atoms with Crippen molar-refractivity contribution >= 4 is 27.8 Å². The molecule has 152 valence electrons. The van der Waals surface area contributed by atoms with E-state index < -0.39 is 11.6 Å². The van der Waals surface area contributed by atoms with Crippen molar-refractivity contribution < 1.29 is 13.9 Å². The van der Waals surface area contributed by atoms with E-state index in [1.807, 2.05) is 50.2 Å². The first-order valence-electron chi connectivity index (χ1n) is 9.94. The summed E-state index contributed by atoms with van der Waals surface area (Å²) in [5.41, 5.74) is 4.84. The first kappa shape index (κ1) is 19.8. The number of carbonyl (C=O) groups is 1. The number of nitrogens with zero attached hydrogens (tertiary/aromatic N) is 1. The number of carbonyl (C=O) groups excluding carboxylic acids is 1. The molecule has 0 aliphatic heterocycles. The summed E-state index contributed by atoms with van der Waals surface area (Å²) >= 11 is 0. The third kappa shape index (κ3) is 3.71. The molecular formula is C25H23NO4. The predicted molar refractivity (Wildman–Crippen MR) is 117 cm³/mol. The lowest BCUT2D eigenvalue weighted by Gasteiger charge is -2.13. The van der Waals surface area contributed by atoms with Crippen molar-refractivity contribution in [1.82, 2.24) is 4.98 Å². The Morgan fingerprint density at radius 3 is 2.60 bits per heavy atom. The van der Waals surface area contributed by atoms with E-state index in [1.54, 1.807) is 6.07 Å². The van der Waals surface area contributed by atoms with Crippen LogP contribution in [0.15, 0.2) is 57.7 Å². The van der Waals surface area contributed by atoms with E-state index in [0.29, 0.717) is 22.6 Å². The summed E-state index contributed by atoms with van der Waals surface area (Å²) in [5.74, 6) is -0.128. The molecule has 0 unspecified atom stereocenters. The second-order valence-electron chi connectivity index (χ2n) is 7.85. The van der Waals surface area contributed by atoms with Gasteiger partial charge in [0.1, 0.15) is 12.2 Å². The van der Waals surface area contributed by atoms with Gasteiger partial charge < -0.3 is 9.15 Å². The van der Waals surface area contributed by atoms with Crippen LogP contribution in [0.5, 0.6) is 0 Å². The van der Waals surface area contributed by atoms with Gasteiger partial charge in [0.2, 0.25) is 0 Å². The van der Waals surface area contributed by atoms with Gasteiger partial charge in [-0.15, -0.1) is 0 Å². The van der Waals surface area contributed by atoms with Crippen LogP contribution in [0.2, 0.25) is 0 Å². The highest BCUT2D eigenvalue weighted by molar-refractivity contribution is 6.03. The zero-order valence-corrected chi connectivity index (χ0v) is 17.5. The van der Waals surface area contributed by atoms with Gasteiger partial charge in [0.15, 0.2) is 0 Å². The highest BCUT2D eigenvalue weighted by Crippen LogP contribution is 2.27. The minimum atomic E-state index is -0.463. The third-order valence-corrected chi connectivity index (χ3v) is 5.26. The number of pyridine rings is 1. The molecule has 0 amide bonds. The molecule has 2 aromatic carbocycles. The number of ether oxygens (including phenoxy) is 1. The van der Waals surface area contributed by atoms with Gasteiger partial charge in [-0.1, -0.05) is 32.0 Å². The topological polar surface area (TPSA) is 69.4 Å². The van der Waals surface area contributed by atoms with Crippen LogP contribution in [0.25, 0.3) is 21.9 Å². The fraction of sp³-hybridized carbons (Fsp3) is 0.240. The molecule has 0 saturated carbocycles. The monoisotopic (exact) mass is 401 g/mol. The second kappa shape index (κ2) is 7.75. The van der Waals surface area contributed by atoms with E-state index in [4.69, 9.17) is 9.15 Å². The van der Waals surface area contributed by atoms with Crippen molar-refractivity contribution in [1.29, 1.82) is 0 Å². The van der Waals surface area contributed by atoms with Crippen LogP contribution in [-0.2, 0) is 11.3 Å². The zero-order valence-electron chi connectivity index (χ0n) is 17.5. The molecule has 2 aromatic heterocycles. The average molecular weight is 401 g/mol. The van der Waals surface area contributed by atoms with Crippen molar-refractivity contribution in [3.05, 3.63) is 86.9 Å². The molecular weight excluding hydrogens is 378 g/mol. The standard InChI is InChI=1S/C25H23NO4/c1-14(2)19-12-20-17(11-24(27)30-23(20)9-15(19)3)13-29-25(28)21-10-16(4)26-22-8-6-5-7-18(21)22/h5-12,14H,13H2,1-4H3. The lowest BCUT2D eigenvalue weighted by atomic mass is 9.95. The van der Waals surface area contributed by atoms with Crippen LogP contribution in [-0.4, -0.2) is 11.0 Å². The Morgan fingerprint density at radius 2 is 1.83 bits per heavy atom. The van der Waals surface area contributed by atoms with E-state index in [9.17, 15) is 9.59 Å². The van der Waals surface area contributed by atoms with E-state index in [1.165, 1.54) is 11.6 Å². The molecule has 5 nitrogen and oxygen atoms in total. The molecule has 0 radical (unpaired) electrons. The minimum Gasteiger partial charge on any atom is -0.457 e. The first-order chi connectivity index (χ1) is 14.3. The van der Waals surface area contributed by atoms with E-state index in [-0.39, 0.29) is 6.61 Å². The molecule has 5 heteroatoms. The maximum absolute atomic E-state index is 12.9. The predicted octanol–water partition coefficient (Wildman–Crippen LogP) is 5.44. The SMILES string of the molecule is Cc1cc(C(=O)OCc2cc(=O)oc3cc(C)c(C(C)C)cc23)c2ccccc2n1. The number of hydrogen-bond donors (Lipinski definition) is 0. The number of aryl methyl sites for hydroxylation is 2. The number of aromatic nitrogens is 1. The quantitative estimate of drug-likeness (QED) is 0.336. The van der Waals surface area contributed by atoms with Gasteiger partial charge in [0, 0.05) is 28.1 Å². The Bertz CT molecular complexity index is 1330. The maximum atomic E-state index is 12.9. The molecule has 4 aromatic rings. The number of para-hydroxylation sites is 1. The van der Waals surface area contributed by atoms with E-state index in [2.05, 4.69) is 18.8 Å². The smallest absolute Gasteiger partial charge is 0.339 e. The Hall–Kier alpha value is -3.47. The molecule has 0 atom stereocenters. The average Bonchev–Trinajstić information content (AvgIpc) is 2.70. The molecule has 0 aliphatic rings.